The Hall–Kier alpha value is -0.0400. The summed E-state index contributed by atoms with van der Waals surface area (Å²) in [5.41, 5.74) is 7.07. The summed E-state index contributed by atoms with van der Waals surface area (Å²) < 4.78 is 0. The van der Waals surface area contributed by atoms with E-state index in [1.807, 2.05) is 0 Å². The number of hydrogen-bond donors (Lipinski definition) is 1. The Bertz CT molecular complexity index is 194. The van der Waals surface area contributed by atoms with Gasteiger partial charge >= 0.3 is 0 Å². The second-order valence-electron chi connectivity index (χ2n) is 6.18. The first-order chi connectivity index (χ1) is 8.18. The van der Waals surface area contributed by atoms with Crippen LogP contribution in [0.1, 0.15) is 85.0 Å². The van der Waals surface area contributed by atoms with Crippen LogP contribution >= 0.6 is 0 Å². The number of hydrogen-bond acceptors (Lipinski definition) is 1. The van der Waals surface area contributed by atoms with Gasteiger partial charge < -0.3 is 5.73 Å². The highest BCUT2D eigenvalue weighted by Crippen LogP contribution is 2.45. The third-order valence-electron chi connectivity index (χ3n) is 5.22. The SMILES string of the molecule is CCCCC(CC)CC(N)C1(CC)CCCC1. The van der Waals surface area contributed by atoms with Crippen LogP contribution in [-0.2, 0) is 0 Å². The summed E-state index contributed by atoms with van der Waals surface area (Å²) >= 11 is 0. The topological polar surface area (TPSA) is 26.0 Å². The maximum absolute atomic E-state index is 6.57. The summed E-state index contributed by atoms with van der Waals surface area (Å²) in [5.74, 6) is 0.869. The van der Waals surface area contributed by atoms with Gasteiger partial charge in [0.05, 0.1) is 0 Å². The quantitative estimate of drug-likeness (QED) is 0.641. The Morgan fingerprint density at radius 3 is 2.24 bits per heavy atom. The van der Waals surface area contributed by atoms with Crippen molar-refractivity contribution in [3.8, 4) is 0 Å². The molecule has 0 aromatic carbocycles. The van der Waals surface area contributed by atoms with Crippen molar-refractivity contribution in [3.63, 3.8) is 0 Å². The fourth-order valence-corrected chi connectivity index (χ4v) is 3.66. The van der Waals surface area contributed by atoms with E-state index in [0.717, 1.165) is 5.92 Å². The van der Waals surface area contributed by atoms with E-state index in [9.17, 15) is 0 Å². The largest absolute Gasteiger partial charge is 0.327 e. The van der Waals surface area contributed by atoms with Crippen LogP contribution in [0.15, 0.2) is 0 Å². The van der Waals surface area contributed by atoms with Gasteiger partial charge in [-0.3, -0.25) is 0 Å². The van der Waals surface area contributed by atoms with Crippen LogP contribution in [0.25, 0.3) is 0 Å². The predicted molar refractivity (Wildman–Crippen MR) is 77.1 cm³/mol. The lowest BCUT2D eigenvalue weighted by Crippen LogP contribution is -2.40. The van der Waals surface area contributed by atoms with Crippen molar-refractivity contribution in [1.82, 2.24) is 0 Å². The number of rotatable bonds is 8. The molecule has 0 aromatic rings. The van der Waals surface area contributed by atoms with Gasteiger partial charge in [0.15, 0.2) is 0 Å². The third-order valence-corrected chi connectivity index (χ3v) is 5.22. The fourth-order valence-electron chi connectivity index (χ4n) is 3.66. The van der Waals surface area contributed by atoms with Crippen molar-refractivity contribution in [2.45, 2.75) is 91.0 Å². The van der Waals surface area contributed by atoms with Crippen LogP contribution in [-0.4, -0.2) is 6.04 Å². The Labute approximate surface area is 109 Å². The van der Waals surface area contributed by atoms with Gasteiger partial charge in [-0.1, -0.05) is 59.3 Å². The van der Waals surface area contributed by atoms with E-state index in [-0.39, 0.29) is 0 Å². The zero-order valence-electron chi connectivity index (χ0n) is 12.3. The molecular weight excluding hydrogens is 206 g/mol. The van der Waals surface area contributed by atoms with Crippen LogP contribution in [0.2, 0.25) is 0 Å². The zero-order valence-corrected chi connectivity index (χ0v) is 12.3. The maximum Gasteiger partial charge on any atom is 0.00980 e. The molecule has 0 saturated heterocycles. The van der Waals surface area contributed by atoms with E-state index in [1.165, 1.54) is 64.2 Å². The van der Waals surface area contributed by atoms with Crippen molar-refractivity contribution in [2.24, 2.45) is 17.1 Å². The van der Waals surface area contributed by atoms with Gasteiger partial charge in [0.1, 0.15) is 0 Å². The molecule has 2 unspecified atom stereocenters. The van der Waals surface area contributed by atoms with E-state index in [4.69, 9.17) is 5.73 Å². The van der Waals surface area contributed by atoms with Crippen LogP contribution in [0.4, 0.5) is 0 Å². The van der Waals surface area contributed by atoms with Gasteiger partial charge in [-0.05, 0) is 37.0 Å². The van der Waals surface area contributed by atoms with Crippen molar-refractivity contribution in [3.05, 3.63) is 0 Å². The molecule has 0 heterocycles. The zero-order chi connectivity index (χ0) is 12.7. The van der Waals surface area contributed by atoms with Crippen molar-refractivity contribution in [1.29, 1.82) is 0 Å². The fraction of sp³-hybridized carbons (Fsp3) is 1.00. The Balaban J connectivity index is 2.47. The number of nitrogens with two attached hydrogens (primary N) is 1. The van der Waals surface area contributed by atoms with Gasteiger partial charge in [-0.15, -0.1) is 0 Å². The summed E-state index contributed by atoms with van der Waals surface area (Å²) in [5, 5.41) is 0. The van der Waals surface area contributed by atoms with Gasteiger partial charge in [0.2, 0.25) is 0 Å². The predicted octanol–water partition coefficient (Wildman–Crippen LogP) is 4.89. The van der Waals surface area contributed by atoms with Crippen LogP contribution < -0.4 is 5.73 Å². The minimum Gasteiger partial charge on any atom is -0.327 e. The molecule has 0 aliphatic heterocycles. The molecule has 0 radical (unpaired) electrons. The standard InChI is InChI=1S/C16H33N/c1-4-7-10-14(5-2)13-15(17)16(6-3)11-8-9-12-16/h14-15H,4-13,17H2,1-3H3. The highest BCUT2D eigenvalue weighted by molar-refractivity contribution is 4.92. The first-order valence-electron chi connectivity index (χ1n) is 7.94. The van der Waals surface area contributed by atoms with Crippen molar-refractivity contribution in [2.75, 3.05) is 0 Å². The molecule has 1 heteroatoms. The summed E-state index contributed by atoms with van der Waals surface area (Å²) in [6.45, 7) is 6.97. The molecule has 102 valence electrons. The van der Waals surface area contributed by atoms with Gasteiger partial charge in [0, 0.05) is 6.04 Å². The minimum absolute atomic E-state index is 0.455. The van der Waals surface area contributed by atoms with E-state index in [0.29, 0.717) is 11.5 Å². The Kier molecular flexibility index (Phi) is 6.54. The maximum atomic E-state index is 6.57. The van der Waals surface area contributed by atoms with Crippen LogP contribution in [0.5, 0.6) is 0 Å². The van der Waals surface area contributed by atoms with Crippen LogP contribution in [0.3, 0.4) is 0 Å². The van der Waals surface area contributed by atoms with Gasteiger partial charge in [0.25, 0.3) is 0 Å². The van der Waals surface area contributed by atoms with Gasteiger partial charge in [-0.25, -0.2) is 0 Å². The molecule has 0 aromatic heterocycles. The van der Waals surface area contributed by atoms with E-state index < -0.39 is 0 Å². The normalized spacial score (nSPS) is 22.6. The van der Waals surface area contributed by atoms with Crippen molar-refractivity contribution >= 4 is 0 Å². The lowest BCUT2D eigenvalue weighted by molar-refractivity contribution is 0.186. The molecule has 0 bridgehead atoms. The first-order valence-corrected chi connectivity index (χ1v) is 7.94. The molecule has 2 atom stereocenters. The summed E-state index contributed by atoms with van der Waals surface area (Å²) in [6.07, 6.45) is 13.6. The molecule has 0 amide bonds. The lowest BCUT2D eigenvalue weighted by Gasteiger charge is -2.36. The molecular formula is C16H33N. The Morgan fingerprint density at radius 2 is 1.76 bits per heavy atom. The average molecular weight is 239 g/mol. The van der Waals surface area contributed by atoms with Crippen LogP contribution in [0, 0.1) is 11.3 Å². The Morgan fingerprint density at radius 1 is 1.12 bits per heavy atom. The summed E-state index contributed by atoms with van der Waals surface area (Å²) in [6, 6.07) is 0.455. The molecule has 1 rings (SSSR count). The molecule has 1 saturated carbocycles. The van der Waals surface area contributed by atoms with E-state index in [2.05, 4.69) is 20.8 Å². The monoisotopic (exact) mass is 239 g/mol. The minimum atomic E-state index is 0.455. The molecule has 1 aliphatic rings. The second kappa shape index (κ2) is 7.41. The lowest BCUT2D eigenvalue weighted by atomic mass is 9.72. The van der Waals surface area contributed by atoms with Crippen molar-refractivity contribution < 1.29 is 0 Å². The highest BCUT2D eigenvalue weighted by atomic mass is 14.7. The summed E-state index contributed by atoms with van der Waals surface area (Å²) in [4.78, 5) is 0. The molecule has 17 heavy (non-hydrogen) atoms. The van der Waals surface area contributed by atoms with Gasteiger partial charge in [-0.2, -0.15) is 0 Å². The first kappa shape index (κ1) is 15.0. The molecule has 1 fully saturated rings. The van der Waals surface area contributed by atoms with E-state index in [1.54, 1.807) is 0 Å². The third kappa shape index (κ3) is 3.98. The molecule has 1 nitrogen and oxygen atoms in total. The molecule has 2 N–H and O–H groups in total. The molecule has 1 aliphatic carbocycles. The second-order valence-corrected chi connectivity index (χ2v) is 6.18. The summed E-state index contributed by atoms with van der Waals surface area (Å²) in [7, 11) is 0. The average Bonchev–Trinajstić information content (AvgIpc) is 2.84. The van der Waals surface area contributed by atoms with E-state index >= 15 is 0 Å². The smallest absolute Gasteiger partial charge is 0.00980 e. The highest BCUT2D eigenvalue weighted by Gasteiger charge is 2.38. The molecule has 0 spiro atoms. The number of unbranched alkanes of at least 4 members (excludes halogenated alkanes) is 1.